The molecule has 0 fully saturated rings. The third-order valence-corrected chi connectivity index (χ3v) is 8.92. The number of carbonyl (C=O) groups is 1. The van der Waals surface area contributed by atoms with Gasteiger partial charge in [-0.05, 0) is 74.8 Å². The van der Waals surface area contributed by atoms with E-state index in [1.807, 2.05) is 57.2 Å². The van der Waals surface area contributed by atoms with Crippen molar-refractivity contribution in [3.05, 3.63) is 99.6 Å². The summed E-state index contributed by atoms with van der Waals surface area (Å²) in [6.45, 7) is 7.92. The number of hydrogen-bond acceptors (Lipinski definition) is 3. The Morgan fingerprint density at radius 3 is 2.15 bits per heavy atom. The lowest BCUT2D eigenvalue weighted by atomic mass is 9.91. The second-order valence-electron chi connectivity index (χ2n) is 9.57. The Balaban J connectivity index is 1.62. The quantitative estimate of drug-likeness (QED) is 0.445. The van der Waals surface area contributed by atoms with Crippen molar-refractivity contribution in [3.8, 4) is 0 Å². The molecular formula is C29H33NO3S. The number of nitrogens with zero attached hydrogens (tertiary/aromatic N) is 1. The minimum Gasteiger partial charge on any atom is -0.298 e. The lowest BCUT2D eigenvalue weighted by Crippen LogP contribution is -2.48. The number of carbonyl (C=O) groups excluding carboxylic acids is 1. The lowest BCUT2D eigenvalue weighted by Gasteiger charge is -2.36. The van der Waals surface area contributed by atoms with Crippen LogP contribution in [0, 0.1) is 27.7 Å². The van der Waals surface area contributed by atoms with E-state index >= 15 is 0 Å². The van der Waals surface area contributed by atoms with Crippen molar-refractivity contribution in [1.82, 2.24) is 4.31 Å². The average Bonchev–Trinajstić information content (AvgIpc) is 2.78. The molecule has 3 aromatic rings. The molecule has 0 saturated heterocycles. The van der Waals surface area contributed by atoms with Gasteiger partial charge in [-0.2, -0.15) is 4.31 Å². The van der Waals surface area contributed by atoms with E-state index in [9.17, 15) is 13.2 Å². The molecule has 0 bridgehead atoms. The van der Waals surface area contributed by atoms with Crippen LogP contribution in [0.2, 0.25) is 0 Å². The molecule has 0 amide bonds. The lowest BCUT2D eigenvalue weighted by molar-refractivity contribution is -0.123. The van der Waals surface area contributed by atoms with E-state index in [0.29, 0.717) is 24.2 Å². The molecule has 0 saturated carbocycles. The first kappa shape index (κ1) is 24.4. The fourth-order valence-electron chi connectivity index (χ4n) is 5.11. The molecule has 1 aliphatic heterocycles. The van der Waals surface area contributed by atoms with Gasteiger partial charge in [-0.1, -0.05) is 71.8 Å². The molecule has 1 unspecified atom stereocenters. The largest absolute Gasteiger partial charge is 0.298 e. The van der Waals surface area contributed by atoms with Crippen molar-refractivity contribution in [2.45, 2.75) is 70.9 Å². The van der Waals surface area contributed by atoms with Crippen LogP contribution in [0.15, 0.2) is 65.6 Å². The van der Waals surface area contributed by atoms with Gasteiger partial charge < -0.3 is 0 Å². The molecule has 5 heteroatoms. The van der Waals surface area contributed by atoms with Gasteiger partial charge in [0.25, 0.3) is 0 Å². The van der Waals surface area contributed by atoms with Gasteiger partial charge >= 0.3 is 0 Å². The maximum atomic E-state index is 14.0. The molecule has 1 aliphatic rings. The molecular weight excluding hydrogens is 442 g/mol. The van der Waals surface area contributed by atoms with Crippen LogP contribution in [-0.4, -0.2) is 24.5 Å². The SMILES string of the molecule is Cc1ccc(CCCC(=O)C2Cc3ccccc3CN2S(=O)(=O)c2c(C)cc(C)cc2C)cc1. The van der Waals surface area contributed by atoms with Gasteiger partial charge in [-0.3, -0.25) is 4.79 Å². The standard InChI is InChI=1S/C29H33NO3S/c1-20-12-14-24(15-13-20)8-7-11-28(31)27-18-25-9-5-6-10-26(25)19-30(27)34(32,33)29-22(3)16-21(2)17-23(29)4/h5-6,9-10,12-17,27H,7-8,11,18-19H2,1-4H3. The van der Waals surface area contributed by atoms with E-state index in [4.69, 9.17) is 0 Å². The topological polar surface area (TPSA) is 54.5 Å². The summed E-state index contributed by atoms with van der Waals surface area (Å²) < 4.78 is 29.4. The molecule has 4 rings (SSSR count). The number of rotatable bonds is 7. The predicted octanol–water partition coefficient (Wildman–Crippen LogP) is 5.63. The van der Waals surface area contributed by atoms with Crippen molar-refractivity contribution in [2.24, 2.45) is 0 Å². The van der Waals surface area contributed by atoms with Gasteiger partial charge in [0.05, 0.1) is 10.9 Å². The summed E-state index contributed by atoms with van der Waals surface area (Å²) in [5.74, 6) is -0.00684. The van der Waals surface area contributed by atoms with Gasteiger partial charge in [0.15, 0.2) is 5.78 Å². The Kier molecular flexibility index (Phi) is 7.06. The Hall–Kier alpha value is -2.76. The Morgan fingerprint density at radius 1 is 0.882 bits per heavy atom. The van der Waals surface area contributed by atoms with Crippen LogP contribution >= 0.6 is 0 Å². The molecule has 0 radical (unpaired) electrons. The molecule has 0 N–H and O–H groups in total. The number of sulfonamides is 1. The average molecular weight is 476 g/mol. The Bertz CT molecular complexity index is 1290. The smallest absolute Gasteiger partial charge is 0.244 e. The second kappa shape index (κ2) is 9.85. The highest BCUT2D eigenvalue weighted by molar-refractivity contribution is 7.89. The summed E-state index contributed by atoms with van der Waals surface area (Å²) in [6.07, 6.45) is 2.29. The first-order valence-corrected chi connectivity index (χ1v) is 13.4. The van der Waals surface area contributed by atoms with E-state index < -0.39 is 16.1 Å². The number of fused-ring (bicyclic) bond motifs is 1. The van der Waals surface area contributed by atoms with E-state index in [1.54, 1.807) is 0 Å². The summed E-state index contributed by atoms with van der Waals surface area (Å²) >= 11 is 0. The van der Waals surface area contributed by atoms with Crippen LogP contribution in [0.3, 0.4) is 0 Å². The number of aryl methyl sites for hydroxylation is 5. The number of benzene rings is 3. The van der Waals surface area contributed by atoms with Gasteiger partial charge in [0.2, 0.25) is 10.0 Å². The normalized spacial score (nSPS) is 16.3. The van der Waals surface area contributed by atoms with E-state index in [1.165, 1.54) is 15.4 Å². The van der Waals surface area contributed by atoms with Crippen molar-refractivity contribution in [1.29, 1.82) is 0 Å². The van der Waals surface area contributed by atoms with Gasteiger partial charge in [-0.25, -0.2) is 8.42 Å². The second-order valence-corrected chi connectivity index (χ2v) is 11.4. The highest BCUT2D eigenvalue weighted by Crippen LogP contribution is 2.33. The Morgan fingerprint density at radius 2 is 1.50 bits per heavy atom. The summed E-state index contributed by atoms with van der Waals surface area (Å²) in [5, 5.41) is 0. The van der Waals surface area contributed by atoms with Crippen LogP contribution < -0.4 is 0 Å². The minimum absolute atomic E-state index is 0.00684. The fourth-order valence-corrected chi connectivity index (χ4v) is 7.11. The highest BCUT2D eigenvalue weighted by atomic mass is 32.2. The third-order valence-electron chi connectivity index (χ3n) is 6.76. The van der Waals surface area contributed by atoms with E-state index in [2.05, 4.69) is 31.2 Å². The first-order chi connectivity index (χ1) is 16.2. The van der Waals surface area contributed by atoms with Crippen LogP contribution in [0.4, 0.5) is 0 Å². The molecule has 3 aromatic carbocycles. The molecule has 0 aliphatic carbocycles. The zero-order valence-electron chi connectivity index (χ0n) is 20.5. The van der Waals surface area contributed by atoms with Crippen molar-refractivity contribution in [2.75, 3.05) is 0 Å². The maximum absolute atomic E-state index is 14.0. The number of ketones is 1. The zero-order valence-corrected chi connectivity index (χ0v) is 21.3. The van der Waals surface area contributed by atoms with Crippen LogP contribution in [0.25, 0.3) is 0 Å². The number of hydrogen-bond donors (Lipinski definition) is 0. The molecule has 0 aromatic heterocycles. The van der Waals surface area contributed by atoms with Crippen LogP contribution in [0.5, 0.6) is 0 Å². The summed E-state index contributed by atoms with van der Waals surface area (Å²) in [4.78, 5) is 13.8. The fraction of sp³-hybridized carbons (Fsp3) is 0.345. The maximum Gasteiger partial charge on any atom is 0.244 e. The molecule has 0 spiro atoms. The van der Waals surface area contributed by atoms with Crippen LogP contribution in [0.1, 0.15) is 51.8 Å². The van der Waals surface area contributed by atoms with Crippen LogP contribution in [-0.2, 0) is 34.2 Å². The predicted molar refractivity (Wildman–Crippen MR) is 136 cm³/mol. The number of Topliss-reactive ketones (excluding diaryl/α,β-unsaturated/α-hetero) is 1. The van der Waals surface area contributed by atoms with E-state index in [0.717, 1.165) is 34.2 Å². The molecule has 1 atom stereocenters. The van der Waals surface area contributed by atoms with Gasteiger partial charge in [0, 0.05) is 13.0 Å². The van der Waals surface area contributed by atoms with Crippen molar-refractivity contribution in [3.63, 3.8) is 0 Å². The molecule has 1 heterocycles. The summed E-state index contributed by atoms with van der Waals surface area (Å²) in [5.41, 5.74) is 6.91. The summed E-state index contributed by atoms with van der Waals surface area (Å²) in [6, 6.07) is 19.3. The van der Waals surface area contributed by atoms with Crippen molar-refractivity contribution < 1.29 is 13.2 Å². The van der Waals surface area contributed by atoms with Gasteiger partial charge in [0.1, 0.15) is 0 Å². The molecule has 4 nitrogen and oxygen atoms in total. The monoisotopic (exact) mass is 475 g/mol. The third kappa shape index (κ3) is 5.01. The molecule has 34 heavy (non-hydrogen) atoms. The zero-order chi connectivity index (χ0) is 24.5. The van der Waals surface area contributed by atoms with E-state index in [-0.39, 0.29) is 12.3 Å². The summed E-state index contributed by atoms with van der Waals surface area (Å²) in [7, 11) is -3.85. The molecule has 178 valence electrons. The van der Waals surface area contributed by atoms with Gasteiger partial charge in [-0.15, -0.1) is 0 Å². The first-order valence-electron chi connectivity index (χ1n) is 11.9. The van der Waals surface area contributed by atoms with Crippen molar-refractivity contribution >= 4 is 15.8 Å². The minimum atomic E-state index is -3.85. The Labute approximate surface area is 203 Å². The highest BCUT2D eigenvalue weighted by Gasteiger charge is 2.40.